The molecular weight excluding hydrogens is 370 g/mol. The van der Waals surface area contributed by atoms with Gasteiger partial charge in [-0.25, -0.2) is 4.79 Å². The molecule has 1 aromatic heterocycles. The Morgan fingerprint density at radius 1 is 0.897 bits per heavy atom. The molecule has 0 spiro atoms. The number of anilines is 2. The second-order valence-electron chi connectivity index (χ2n) is 6.52. The quantitative estimate of drug-likeness (QED) is 0.560. The minimum Gasteiger partial charge on any atom is -0.483 e. The lowest BCUT2D eigenvalue weighted by Gasteiger charge is -2.12. The summed E-state index contributed by atoms with van der Waals surface area (Å²) in [7, 11) is 0. The zero-order chi connectivity index (χ0) is 20.6. The van der Waals surface area contributed by atoms with E-state index < -0.39 is 0 Å². The lowest BCUT2D eigenvalue weighted by atomic mass is 10.1. The van der Waals surface area contributed by atoms with E-state index in [-0.39, 0.29) is 18.5 Å². The molecule has 7 heteroatoms. The summed E-state index contributed by atoms with van der Waals surface area (Å²) in [5.74, 6) is 1.13. The molecule has 0 saturated carbocycles. The molecule has 0 aliphatic heterocycles. The third-order valence-electron chi connectivity index (χ3n) is 4.19. The van der Waals surface area contributed by atoms with Gasteiger partial charge in [0.2, 0.25) is 0 Å². The number of rotatable bonds is 7. The molecule has 3 N–H and O–H groups in total. The molecule has 2 aromatic carbocycles. The number of aryl methyl sites for hydroxylation is 2. The molecular formula is C22H23N3O4. The van der Waals surface area contributed by atoms with Crippen LogP contribution < -0.4 is 20.7 Å². The second kappa shape index (κ2) is 9.45. The summed E-state index contributed by atoms with van der Waals surface area (Å²) in [5.41, 5.74) is 3.19. The largest absolute Gasteiger partial charge is 0.483 e. The van der Waals surface area contributed by atoms with Crippen molar-refractivity contribution in [2.45, 2.75) is 20.4 Å². The average molecular weight is 393 g/mol. The lowest BCUT2D eigenvalue weighted by Crippen LogP contribution is -2.28. The number of urea groups is 1. The Bertz CT molecular complexity index is 946. The molecule has 3 rings (SSSR count). The summed E-state index contributed by atoms with van der Waals surface area (Å²) < 4.78 is 10.8. The summed E-state index contributed by atoms with van der Waals surface area (Å²) >= 11 is 0. The summed E-state index contributed by atoms with van der Waals surface area (Å²) in [4.78, 5) is 24.0. The summed E-state index contributed by atoms with van der Waals surface area (Å²) in [6.45, 7) is 4.10. The van der Waals surface area contributed by atoms with Crippen LogP contribution in [0.1, 0.15) is 16.9 Å². The molecule has 0 saturated heterocycles. The van der Waals surface area contributed by atoms with Gasteiger partial charge in [0, 0.05) is 11.4 Å². The fourth-order valence-electron chi connectivity index (χ4n) is 2.75. The number of para-hydroxylation sites is 1. The minimum absolute atomic E-state index is 0.0825. The molecule has 0 atom stereocenters. The van der Waals surface area contributed by atoms with Crippen LogP contribution in [0, 0.1) is 13.8 Å². The van der Waals surface area contributed by atoms with Crippen molar-refractivity contribution in [3.63, 3.8) is 0 Å². The Hall–Kier alpha value is -3.74. The van der Waals surface area contributed by atoms with Gasteiger partial charge in [0.25, 0.3) is 5.91 Å². The highest BCUT2D eigenvalue weighted by molar-refractivity contribution is 5.93. The van der Waals surface area contributed by atoms with Crippen LogP contribution in [0.15, 0.2) is 65.3 Å². The third kappa shape index (κ3) is 5.87. The van der Waals surface area contributed by atoms with Gasteiger partial charge in [0.15, 0.2) is 6.61 Å². The SMILES string of the molecule is Cc1cccc(C)c1OCC(=O)Nc1ccc(NC(=O)NCc2ccco2)cc1. The Kier molecular flexibility index (Phi) is 6.52. The molecule has 150 valence electrons. The molecule has 29 heavy (non-hydrogen) atoms. The van der Waals surface area contributed by atoms with Crippen molar-refractivity contribution in [2.24, 2.45) is 0 Å². The topological polar surface area (TPSA) is 92.6 Å². The maximum atomic E-state index is 12.1. The summed E-state index contributed by atoms with van der Waals surface area (Å²) in [5, 5.41) is 8.18. The standard InChI is InChI=1S/C22H23N3O4/c1-15-5-3-6-16(2)21(15)29-14-20(26)24-17-8-10-18(11-9-17)25-22(27)23-13-19-7-4-12-28-19/h3-12H,13-14H2,1-2H3,(H,24,26)(H2,23,25,27). The number of nitrogens with one attached hydrogen (secondary N) is 3. The Morgan fingerprint density at radius 2 is 1.55 bits per heavy atom. The molecule has 7 nitrogen and oxygen atoms in total. The van der Waals surface area contributed by atoms with Gasteiger partial charge >= 0.3 is 6.03 Å². The van der Waals surface area contributed by atoms with E-state index in [4.69, 9.17) is 9.15 Å². The van der Waals surface area contributed by atoms with Crippen LogP contribution in [0.2, 0.25) is 0 Å². The number of ether oxygens (including phenoxy) is 1. The fourth-order valence-corrected chi connectivity index (χ4v) is 2.75. The highest BCUT2D eigenvalue weighted by Gasteiger charge is 2.08. The molecule has 3 amide bonds. The molecule has 0 radical (unpaired) electrons. The number of benzene rings is 2. The van der Waals surface area contributed by atoms with Crippen LogP contribution in [0.4, 0.5) is 16.2 Å². The molecule has 0 aliphatic rings. The Morgan fingerprint density at radius 3 is 2.17 bits per heavy atom. The first-order chi connectivity index (χ1) is 14.0. The van der Waals surface area contributed by atoms with Crippen molar-refractivity contribution in [1.29, 1.82) is 0 Å². The zero-order valence-corrected chi connectivity index (χ0v) is 16.3. The number of furan rings is 1. The van der Waals surface area contributed by atoms with Gasteiger partial charge < -0.3 is 25.1 Å². The van der Waals surface area contributed by atoms with E-state index in [1.165, 1.54) is 0 Å². The Balaban J connectivity index is 1.45. The van der Waals surface area contributed by atoms with Crippen LogP contribution in [-0.4, -0.2) is 18.5 Å². The van der Waals surface area contributed by atoms with Gasteiger partial charge in [-0.05, 0) is 61.4 Å². The van der Waals surface area contributed by atoms with Crippen LogP contribution >= 0.6 is 0 Å². The van der Waals surface area contributed by atoms with Crippen molar-refractivity contribution in [2.75, 3.05) is 17.2 Å². The second-order valence-corrected chi connectivity index (χ2v) is 6.52. The first kappa shape index (κ1) is 20.0. The Labute approximate surface area is 169 Å². The fraction of sp³-hybridized carbons (Fsp3) is 0.182. The van der Waals surface area contributed by atoms with E-state index in [9.17, 15) is 9.59 Å². The van der Waals surface area contributed by atoms with Gasteiger partial charge in [-0.3, -0.25) is 4.79 Å². The molecule has 3 aromatic rings. The van der Waals surface area contributed by atoms with Gasteiger partial charge in [0.05, 0.1) is 12.8 Å². The van der Waals surface area contributed by atoms with Gasteiger partial charge in [-0.1, -0.05) is 18.2 Å². The number of carbonyl (C=O) groups excluding carboxylic acids is 2. The minimum atomic E-state index is -0.347. The maximum absolute atomic E-state index is 12.1. The first-order valence-corrected chi connectivity index (χ1v) is 9.17. The third-order valence-corrected chi connectivity index (χ3v) is 4.19. The predicted molar refractivity (Wildman–Crippen MR) is 111 cm³/mol. The molecule has 1 heterocycles. The van der Waals surface area contributed by atoms with Gasteiger partial charge in [0.1, 0.15) is 11.5 Å². The van der Waals surface area contributed by atoms with E-state index in [2.05, 4.69) is 16.0 Å². The van der Waals surface area contributed by atoms with Crippen molar-refractivity contribution in [1.82, 2.24) is 5.32 Å². The van der Waals surface area contributed by atoms with Crippen molar-refractivity contribution in [3.8, 4) is 5.75 Å². The first-order valence-electron chi connectivity index (χ1n) is 9.17. The van der Waals surface area contributed by atoms with E-state index in [1.54, 1.807) is 42.7 Å². The maximum Gasteiger partial charge on any atom is 0.319 e. The van der Waals surface area contributed by atoms with Gasteiger partial charge in [-0.15, -0.1) is 0 Å². The molecule has 0 fully saturated rings. The van der Waals surface area contributed by atoms with E-state index >= 15 is 0 Å². The number of amides is 3. The number of carbonyl (C=O) groups is 2. The summed E-state index contributed by atoms with van der Waals surface area (Å²) in [6, 6.07) is 15.8. The van der Waals surface area contributed by atoms with E-state index in [0.717, 1.165) is 16.9 Å². The monoisotopic (exact) mass is 393 g/mol. The average Bonchev–Trinajstić information content (AvgIpc) is 3.21. The highest BCUT2D eigenvalue weighted by Crippen LogP contribution is 2.22. The van der Waals surface area contributed by atoms with E-state index in [0.29, 0.717) is 23.7 Å². The zero-order valence-electron chi connectivity index (χ0n) is 16.3. The summed E-state index contributed by atoms with van der Waals surface area (Å²) in [6.07, 6.45) is 1.55. The van der Waals surface area contributed by atoms with E-state index in [1.807, 2.05) is 32.0 Å². The molecule has 0 unspecified atom stereocenters. The normalized spacial score (nSPS) is 10.3. The molecule has 0 bridgehead atoms. The van der Waals surface area contributed by atoms with Crippen LogP contribution in [0.5, 0.6) is 5.75 Å². The highest BCUT2D eigenvalue weighted by atomic mass is 16.5. The van der Waals surface area contributed by atoms with Gasteiger partial charge in [-0.2, -0.15) is 0 Å². The number of hydrogen-bond acceptors (Lipinski definition) is 4. The van der Waals surface area contributed by atoms with Crippen molar-refractivity contribution >= 4 is 23.3 Å². The van der Waals surface area contributed by atoms with Crippen molar-refractivity contribution in [3.05, 3.63) is 77.7 Å². The van der Waals surface area contributed by atoms with Crippen LogP contribution in [0.3, 0.4) is 0 Å². The lowest BCUT2D eigenvalue weighted by molar-refractivity contribution is -0.118. The van der Waals surface area contributed by atoms with Crippen molar-refractivity contribution < 1.29 is 18.7 Å². The van der Waals surface area contributed by atoms with Crippen LogP contribution in [-0.2, 0) is 11.3 Å². The number of hydrogen-bond donors (Lipinski definition) is 3. The smallest absolute Gasteiger partial charge is 0.319 e. The predicted octanol–water partition coefficient (Wildman–Crippen LogP) is 4.24. The molecule has 0 aliphatic carbocycles. The van der Waals surface area contributed by atoms with Crippen LogP contribution in [0.25, 0.3) is 0 Å².